The van der Waals surface area contributed by atoms with Gasteiger partial charge in [-0.15, -0.1) is 0 Å². The highest BCUT2D eigenvalue weighted by Gasteiger charge is 2.53. The van der Waals surface area contributed by atoms with Crippen LogP contribution in [0.3, 0.4) is 0 Å². The second-order valence-corrected chi connectivity index (χ2v) is 6.71. The van der Waals surface area contributed by atoms with Crippen LogP contribution in [0.1, 0.15) is 52.9 Å². The van der Waals surface area contributed by atoms with Gasteiger partial charge in [0.2, 0.25) is 6.04 Å². The van der Waals surface area contributed by atoms with Crippen molar-refractivity contribution < 1.29 is 0 Å². The van der Waals surface area contributed by atoms with Crippen LogP contribution in [0, 0.1) is 29.7 Å². The molecule has 0 aromatic carbocycles. The molecule has 0 aromatic rings. The highest BCUT2D eigenvalue weighted by atomic mass is 14.8. The van der Waals surface area contributed by atoms with E-state index in [0.717, 1.165) is 6.42 Å². The highest BCUT2D eigenvalue weighted by molar-refractivity contribution is 5.19. The first kappa shape index (κ1) is 12.7. The zero-order valence-electron chi connectivity index (χ0n) is 11.5. The minimum Gasteiger partial charge on any atom is -0.313 e. The Morgan fingerprint density at radius 1 is 1.41 bits per heavy atom. The molecular formula is C16H25N. The highest BCUT2D eigenvalue weighted by Crippen LogP contribution is 2.55. The van der Waals surface area contributed by atoms with Crippen molar-refractivity contribution in [3.63, 3.8) is 0 Å². The Morgan fingerprint density at radius 2 is 2.12 bits per heavy atom. The van der Waals surface area contributed by atoms with Gasteiger partial charge in [-0.25, -0.2) is 6.57 Å². The number of hydrogen-bond acceptors (Lipinski definition) is 0. The summed E-state index contributed by atoms with van der Waals surface area (Å²) in [5.41, 5.74) is 1.74. The molecule has 1 nitrogen and oxygen atoms in total. The SMILES string of the molecule is [C-]#[N+][C@@H]1[C@H]2C(=C)CCC[C@@]2(C)CC[C@H]1C(C)C. The largest absolute Gasteiger partial charge is 0.313 e. The van der Waals surface area contributed by atoms with Crippen LogP contribution in [0.4, 0.5) is 0 Å². The molecule has 2 aliphatic carbocycles. The summed E-state index contributed by atoms with van der Waals surface area (Å²) in [7, 11) is 0. The lowest BCUT2D eigenvalue weighted by Crippen LogP contribution is -2.47. The first-order chi connectivity index (χ1) is 7.99. The van der Waals surface area contributed by atoms with E-state index < -0.39 is 0 Å². The number of nitrogens with zero attached hydrogens (tertiary/aromatic N) is 1. The summed E-state index contributed by atoms with van der Waals surface area (Å²) in [4.78, 5) is 4.02. The van der Waals surface area contributed by atoms with Gasteiger partial charge in [0.25, 0.3) is 0 Å². The van der Waals surface area contributed by atoms with Crippen molar-refractivity contribution in [1.29, 1.82) is 0 Å². The molecular weight excluding hydrogens is 206 g/mol. The van der Waals surface area contributed by atoms with Gasteiger partial charge in [-0.3, -0.25) is 0 Å². The molecule has 2 saturated carbocycles. The van der Waals surface area contributed by atoms with Crippen LogP contribution < -0.4 is 0 Å². The van der Waals surface area contributed by atoms with Crippen molar-refractivity contribution >= 4 is 0 Å². The molecule has 0 aromatic heterocycles. The van der Waals surface area contributed by atoms with Crippen LogP contribution in [-0.4, -0.2) is 6.04 Å². The van der Waals surface area contributed by atoms with Gasteiger partial charge >= 0.3 is 0 Å². The van der Waals surface area contributed by atoms with E-state index in [2.05, 4.69) is 32.2 Å². The summed E-state index contributed by atoms with van der Waals surface area (Å²) in [5, 5.41) is 0. The predicted molar refractivity (Wildman–Crippen MR) is 72.5 cm³/mol. The van der Waals surface area contributed by atoms with Crippen molar-refractivity contribution in [2.75, 3.05) is 0 Å². The maximum absolute atomic E-state index is 7.60. The van der Waals surface area contributed by atoms with Crippen molar-refractivity contribution in [3.8, 4) is 0 Å². The molecule has 2 fully saturated rings. The molecule has 0 spiro atoms. The molecule has 0 heterocycles. The van der Waals surface area contributed by atoms with Crippen molar-refractivity contribution in [1.82, 2.24) is 0 Å². The third-order valence-corrected chi connectivity index (χ3v) is 5.27. The van der Waals surface area contributed by atoms with Gasteiger partial charge in [0.05, 0.1) is 5.92 Å². The third-order valence-electron chi connectivity index (χ3n) is 5.27. The van der Waals surface area contributed by atoms with E-state index in [4.69, 9.17) is 6.57 Å². The van der Waals surface area contributed by atoms with Crippen LogP contribution >= 0.6 is 0 Å². The second-order valence-electron chi connectivity index (χ2n) is 6.71. The summed E-state index contributed by atoms with van der Waals surface area (Å²) in [6.07, 6.45) is 6.27. The van der Waals surface area contributed by atoms with Crippen molar-refractivity contribution in [2.24, 2.45) is 23.2 Å². The lowest BCUT2D eigenvalue weighted by Gasteiger charge is -2.49. The van der Waals surface area contributed by atoms with E-state index in [0.29, 0.717) is 23.2 Å². The van der Waals surface area contributed by atoms with Crippen LogP contribution in [0.5, 0.6) is 0 Å². The number of rotatable bonds is 1. The Labute approximate surface area is 106 Å². The fourth-order valence-electron chi connectivity index (χ4n) is 4.27. The smallest absolute Gasteiger partial charge is 0.233 e. The van der Waals surface area contributed by atoms with Crippen molar-refractivity contribution in [3.05, 3.63) is 23.6 Å². The van der Waals surface area contributed by atoms with E-state index in [1.807, 2.05) is 0 Å². The average molecular weight is 231 g/mol. The summed E-state index contributed by atoms with van der Waals surface area (Å²) in [6, 6.07) is 0.196. The summed E-state index contributed by atoms with van der Waals surface area (Å²) >= 11 is 0. The molecule has 94 valence electrons. The van der Waals surface area contributed by atoms with E-state index in [-0.39, 0.29) is 6.04 Å². The fraction of sp³-hybridized carbons (Fsp3) is 0.812. The summed E-state index contributed by atoms with van der Waals surface area (Å²) < 4.78 is 0. The summed E-state index contributed by atoms with van der Waals surface area (Å²) in [5.74, 6) is 1.68. The molecule has 0 N–H and O–H groups in total. The van der Waals surface area contributed by atoms with Crippen LogP contribution in [0.2, 0.25) is 0 Å². The Hall–Kier alpha value is -0.770. The minimum atomic E-state index is 0.196. The lowest BCUT2D eigenvalue weighted by molar-refractivity contribution is 0.0508. The van der Waals surface area contributed by atoms with Crippen molar-refractivity contribution in [2.45, 2.75) is 58.9 Å². The van der Waals surface area contributed by atoms with Gasteiger partial charge in [-0.2, -0.15) is 0 Å². The predicted octanol–water partition coefficient (Wildman–Crippen LogP) is 4.70. The molecule has 0 saturated heterocycles. The second kappa shape index (κ2) is 4.48. The van der Waals surface area contributed by atoms with Gasteiger partial charge < -0.3 is 4.85 Å². The molecule has 4 atom stereocenters. The van der Waals surface area contributed by atoms with E-state index in [9.17, 15) is 0 Å². The number of fused-ring (bicyclic) bond motifs is 1. The Kier molecular flexibility index (Phi) is 3.34. The van der Waals surface area contributed by atoms with Gasteiger partial charge in [0.1, 0.15) is 0 Å². The minimum absolute atomic E-state index is 0.196. The molecule has 0 amide bonds. The van der Waals surface area contributed by atoms with E-state index in [1.165, 1.54) is 31.3 Å². The first-order valence-electron chi connectivity index (χ1n) is 7.04. The van der Waals surface area contributed by atoms with Gasteiger partial charge in [0, 0.05) is 5.92 Å². The average Bonchev–Trinajstić information content (AvgIpc) is 2.26. The molecule has 0 radical (unpaired) electrons. The lowest BCUT2D eigenvalue weighted by atomic mass is 9.54. The molecule has 0 bridgehead atoms. The molecule has 2 aliphatic rings. The zero-order valence-corrected chi connectivity index (χ0v) is 11.5. The standard InChI is InChI=1S/C16H25N/c1-11(2)13-8-10-16(4)9-6-7-12(3)14(16)15(13)17-5/h11,13-15H,3,6-10H2,1-2,4H3/t13-,14+,15-,16-/m0/s1. The Balaban J connectivity index is 2.32. The molecule has 0 unspecified atom stereocenters. The van der Waals surface area contributed by atoms with Gasteiger partial charge in [0.15, 0.2) is 0 Å². The van der Waals surface area contributed by atoms with Crippen LogP contribution in [-0.2, 0) is 0 Å². The quantitative estimate of drug-likeness (QED) is 0.455. The Morgan fingerprint density at radius 3 is 2.71 bits per heavy atom. The third kappa shape index (κ3) is 2.03. The fourth-order valence-corrected chi connectivity index (χ4v) is 4.27. The molecule has 1 heteroatoms. The Bertz CT molecular complexity index is 349. The molecule has 17 heavy (non-hydrogen) atoms. The zero-order chi connectivity index (χ0) is 12.6. The normalized spacial score (nSPS) is 42.1. The first-order valence-corrected chi connectivity index (χ1v) is 7.04. The van der Waals surface area contributed by atoms with E-state index >= 15 is 0 Å². The van der Waals surface area contributed by atoms with Gasteiger partial charge in [-0.05, 0) is 43.4 Å². The molecule has 0 aliphatic heterocycles. The number of hydrogen-bond donors (Lipinski definition) is 0. The van der Waals surface area contributed by atoms with Crippen LogP contribution in [0.25, 0.3) is 4.85 Å². The molecule has 2 rings (SSSR count). The maximum Gasteiger partial charge on any atom is 0.233 e. The topological polar surface area (TPSA) is 4.36 Å². The monoisotopic (exact) mass is 231 g/mol. The van der Waals surface area contributed by atoms with Crippen LogP contribution in [0.15, 0.2) is 12.2 Å². The maximum atomic E-state index is 7.60. The van der Waals surface area contributed by atoms with Gasteiger partial charge in [-0.1, -0.05) is 32.9 Å². The van der Waals surface area contributed by atoms with E-state index in [1.54, 1.807) is 0 Å². The summed E-state index contributed by atoms with van der Waals surface area (Å²) in [6.45, 7) is 18.8.